The highest BCUT2D eigenvalue weighted by Crippen LogP contribution is 2.18. The molecule has 8 heteroatoms. The van der Waals surface area contributed by atoms with Gasteiger partial charge in [0.1, 0.15) is 11.5 Å². The fourth-order valence-electron chi connectivity index (χ4n) is 3.33. The smallest absolute Gasteiger partial charge is 0.338 e. The maximum atomic E-state index is 12.6. The van der Waals surface area contributed by atoms with Gasteiger partial charge in [-0.25, -0.2) is 4.79 Å². The Hall–Kier alpha value is -3.55. The third-order valence-corrected chi connectivity index (χ3v) is 4.81. The Morgan fingerprint density at radius 3 is 2.12 bits per heavy atom. The van der Waals surface area contributed by atoms with Crippen LogP contribution < -0.4 is 14.8 Å². The molecule has 2 amide bonds. The molecule has 0 fully saturated rings. The molecule has 0 aliphatic rings. The number of ether oxygens (including phenoxy) is 3. The highest BCUT2D eigenvalue weighted by atomic mass is 16.5. The SMILES string of the molecule is COc1cccc(NC(=O)COc2ccc(C(=O)OC(C)C(=O)N(C(C)C)C(C)C)cc2)c1. The molecule has 0 bridgehead atoms. The number of esters is 1. The fourth-order valence-corrected chi connectivity index (χ4v) is 3.33. The summed E-state index contributed by atoms with van der Waals surface area (Å²) in [6.45, 7) is 9.04. The zero-order chi connectivity index (χ0) is 24.5. The number of methoxy groups -OCH3 is 1. The number of rotatable bonds is 10. The largest absolute Gasteiger partial charge is 0.497 e. The molecule has 33 heavy (non-hydrogen) atoms. The van der Waals surface area contributed by atoms with E-state index in [0.717, 1.165) is 0 Å². The van der Waals surface area contributed by atoms with Gasteiger partial charge in [-0.3, -0.25) is 9.59 Å². The van der Waals surface area contributed by atoms with E-state index in [-0.39, 0.29) is 36.1 Å². The number of amides is 2. The number of carbonyl (C=O) groups excluding carboxylic acids is 3. The maximum absolute atomic E-state index is 12.6. The second-order valence-corrected chi connectivity index (χ2v) is 8.07. The molecule has 0 aliphatic heterocycles. The van der Waals surface area contributed by atoms with Gasteiger partial charge in [-0.2, -0.15) is 0 Å². The maximum Gasteiger partial charge on any atom is 0.338 e. The minimum absolute atomic E-state index is 0.00351. The van der Waals surface area contributed by atoms with Crippen molar-refractivity contribution in [3.63, 3.8) is 0 Å². The number of nitrogens with zero attached hydrogens (tertiary/aromatic N) is 1. The molecule has 2 aromatic rings. The van der Waals surface area contributed by atoms with Crippen LogP contribution in [0.15, 0.2) is 48.5 Å². The van der Waals surface area contributed by atoms with Crippen molar-refractivity contribution in [3.05, 3.63) is 54.1 Å². The summed E-state index contributed by atoms with van der Waals surface area (Å²) in [6.07, 6.45) is -0.904. The first-order valence-electron chi connectivity index (χ1n) is 10.8. The van der Waals surface area contributed by atoms with Crippen LogP contribution in [0, 0.1) is 0 Å². The van der Waals surface area contributed by atoms with E-state index in [1.165, 1.54) is 12.1 Å². The number of nitrogens with one attached hydrogen (secondary N) is 1. The van der Waals surface area contributed by atoms with Crippen LogP contribution in [0.3, 0.4) is 0 Å². The lowest BCUT2D eigenvalue weighted by Crippen LogP contribution is -2.47. The third kappa shape index (κ3) is 7.52. The summed E-state index contributed by atoms with van der Waals surface area (Å²) >= 11 is 0. The van der Waals surface area contributed by atoms with Gasteiger partial charge in [-0.05, 0) is 71.0 Å². The molecule has 0 saturated carbocycles. The van der Waals surface area contributed by atoms with Crippen molar-refractivity contribution >= 4 is 23.5 Å². The van der Waals surface area contributed by atoms with Gasteiger partial charge in [0.05, 0.1) is 12.7 Å². The van der Waals surface area contributed by atoms with Crippen LogP contribution in [0.4, 0.5) is 5.69 Å². The summed E-state index contributed by atoms with van der Waals surface area (Å²) in [5.74, 6) is -0.129. The predicted octanol–water partition coefficient (Wildman–Crippen LogP) is 3.90. The Balaban J connectivity index is 1.89. The van der Waals surface area contributed by atoms with E-state index < -0.39 is 12.1 Å². The van der Waals surface area contributed by atoms with E-state index in [4.69, 9.17) is 14.2 Å². The zero-order valence-corrected chi connectivity index (χ0v) is 20.0. The van der Waals surface area contributed by atoms with Crippen molar-refractivity contribution in [3.8, 4) is 11.5 Å². The molecular weight excluding hydrogens is 424 g/mol. The molecule has 0 spiro atoms. The normalized spacial score (nSPS) is 11.6. The van der Waals surface area contributed by atoms with Crippen molar-refractivity contribution in [1.29, 1.82) is 0 Å². The standard InChI is InChI=1S/C25H32N2O6/c1-16(2)27(17(3)4)24(29)18(5)33-25(30)19-10-12-21(13-11-19)32-15-23(28)26-20-8-7-9-22(14-20)31-6/h7-14,16-18H,15H2,1-6H3,(H,26,28). The minimum atomic E-state index is -0.904. The highest BCUT2D eigenvalue weighted by Gasteiger charge is 2.28. The molecule has 0 saturated heterocycles. The summed E-state index contributed by atoms with van der Waals surface area (Å²) in [4.78, 5) is 38.9. The molecule has 0 aromatic heterocycles. The second kappa shape index (κ2) is 11.9. The lowest BCUT2D eigenvalue weighted by Gasteiger charge is -2.32. The van der Waals surface area contributed by atoms with Gasteiger partial charge in [0.25, 0.3) is 11.8 Å². The van der Waals surface area contributed by atoms with E-state index >= 15 is 0 Å². The van der Waals surface area contributed by atoms with E-state index in [9.17, 15) is 14.4 Å². The third-order valence-electron chi connectivity index (χ3n) is 4.81. The molecule has 0 radical (unpaired) electrons. The van der Waals surface area contributed by atoms with Gasteiger partial charge < -0.3 is 24.4 Å². The molecule has 1 N–H and O–H groups in total. The average Bonchev–Trinajstić information content (AvgIpc) is 2.77. The van der Waals surface area contributed by atoms with Crippen LogP contribution >= 0.6 is 0 Å². The molecule has 8 nitrogen and oxygen atoms in total. The Morgan fingerprint density at radius 2 is 1.55 bits per heavy atom. The molecule has 2 aromatic carbocycles. The van der Waals surface area contributed by atoms with Gasteiger partial charge in [-0.15, -0.1) is 0 Å². The van der Waals surface area contributed by atoms with E-state index in [2.05, 4.69) is 5.32 Å². The van der Waals surface area contributed by atoms with Crippen molar-refractivity contribution < 1.29 is 28.6 Å². The van der Waals surface area contributed by atoms with Crippen molar-refractivity contribution in [2.75, 3.05) is 19.0 Å². The van der Waals surface area contributed by atoms with Gasteiger partial charge in [-0.1, -0.05) is 6.07 Å². The lowest BCUT2D eigenvalue weighted by atomic mass is 10.2. The summed E-state index contributed by atoms with van der Waals surface area (Å²) in [7, 11) is 1.55. The molecular formula is C25H32N2O6. The number of benzene rings is 2. The number of hydrogen-bond acceptors (Lipinski definition) is 6. The topological polar surface area (TPSA) is 94.2 Å². The first kappa shape index (κ1) is 25.7. The van der Waals surface area contributed by atoms with E-state index in [1.54, 1.807) is 55.3 Å². The minimum Gasteiger partial charge on any atom is -0.497 e. The monoisotopic (exact) mass is 456 g/mol. The van der Waals surface area contributed by atoms with E-state index in [1.807, 2.05) is 27.7 Å². The molecule has 1 unspecified atom stereocenters. The lowest BCUT2D eigenvalue weighted by molar-refractivity contribution is -0.143. The van der Waals surface area contributed by atoms with Crippen LogP contribution in [0.5, 0.6) is 11.5 Å². The number of carbonyl (C=O) groups is 3. The summed E-state index contributed by atoms with van der Waals surface area (Å²) in [6, 6.07) is 13.2. The van der Waals surface area contributed by atoms with Crippen molar-refractivity contribution in [1.82, 2.24) is 4.90 Å². The van der Waals surface area contributed by atoms with Crippen LogP contribution in [0.1, 0.15) is 45.0 Å². The first-order valence-corrected chi connectivity index (χ1v) is 10.8. The van der Waals surface area contributed by atoms with E-state index in [0.29, 0.717) is 17.2 Å². The van der Waals surface area contributed by atoms with Gasteiger partial charge in [0.15, 0.2) is 12.7 Å². The van der Waals surface area contributed by atoms with Crippen LogP contribution in [0.25, 0.3) is 0 Å². The summed E-state index contributed by atoms with van der Waals surface area (Å²) in [5.41, 5.74) is 0.877. The quantitative estimate of drug-likeness (QED) is 0.545. The first-order chi connectivity index (χ1) is 15.6. The molecule has 0 heterocycles. The molecule has 2 rings (SSSR count). The predicted molar refractivity (Wildman–Crippen MR) is 126 cm³/mol. The van der Waals surface area contributed by atoms with Crippen LogP contribution in [-0.4, -0.2) is 54.6 Å². The molecule has 1 atom stereocenters. The summed E-state index contributed by atoms with van der Waals surface area (Å²) in [5, 5.41) is 2.72. The highest BCUT2D eigenvalue weighted by molar-refractivity contribution is 5.93. The van der Waals surface area contributed by atoms with Crippen molar-refractivity contribution in [2.45, 2.75) is 52.8 Å². The zero-order valence-electron chi connectivity index (χ0n) is 20.0. The van der Waals surface area contributed by atoms with Gasteiger partial charge in [0.2, 0.25) is 0 Å². The Morgan fingerprint density at radius 1 is 0.909 bits per heavy atom. The summed E-state index contributed by atoms with van der Waals surface area (Å²) < 4.78 is 16.0. The van der Waals surface area contributed by atoms with Gasteiger partial charge >= 0.3 is 5.97 Å². The van der Waals surface area contributed by atoms with Gasteiger partial charge in [0, 0.05) is 23.8 Å². The Kier molecular flexibility index (Phi) is 9.27. The molecule has 0 aliphatic carbocycles. The van der Waals surface area contributed by atoms with Crippen molar-refractivity contribution in [2.24, 2.45) is 0 Å². The van der Waals surface area contributed by atoms with Crippen LogP contribution in [0.2, 0.25) is 0 Å². The fraction of sp³-hybridized carbons (Fsp3) is 0.400. The number of anilines is 1. The molecule has 178 valence electrons. The second-order valence-electron chi connectivity index (χ2n) is 8.07. The average molecular weight is 457 g/mol. The number of hydrogen-bond donors (Lipinski definition) is 1. The Bertz CT molecular complexity index is 948. The Labute approximate surface area is 194 Å². The van der Waals surface area contributed by atoms with Crippen LogP contribution in [-0.2, 0) is 14.3 Å².